The smallest absolute Gasteiger partial charge is 0.321 e. The molecule has 3 amide bonds. The molecule has 204 valence electrons. The number of carbonyl (C=O) groups excluding carboxylic acids is 2. The van der Waals surface area contributed by atoms with Crippen LogP contribution in [0, 0.1) is 5.92 Å². The number of urea groups is 1. The van der Waals surface area contributed by atoms with Crippen LogP contribution in [0.3, 0.4) is 0 Å². The lowest BCUT2D eigenvalue weighted by atomic mass is 9.68. The second kappa shape index (κ2) is 10.6. The molecule has 7 nitrogen and oxygen atoms in total. The van der Waals surface area contributed by atoms with E-state index in [0.717, 1.165) is 64.3 Å². The number of hydrogen-bond acceptors (Lipinski definition) is 4. The molecule has 1 aromatic carbocycles. The van der Waals surface area contributed by atoms with E-state index in [4.69, 9.17) is 0 Å². The van der Waals surface area contributed by atoms with Gasteiger partial charge in [0.05, 0.1) is 11.1 Å². The lowest BCUT2D eigenvalue weighted by molar-refractivity contribution is -0.123. The number of amides is 3. The molecule has 1 saturated heterocycles. The maximum absolute atomic E-state index is 13.7. The molecule has 2 N–H and O–H groups in total. The third-order valence-corrected chi connectivity index (χ3v) is 10.1. The summed E-state index contributed by atoms with van der Waals surface area (Å²) in [5, 5.41) is 13.7. The standard InChI is InChI=1S/C30H46N4O3/c1-32(2)30(25-12-5-3-6-13-25)18-16-28(17-19-30)23-33(27(36)34(28)20-24-10-9-11-24)21-26(35)31-22-29(37)14-7-4-8-15-29/h3,5-6,12-13,24,37H,4,7-11,14-23H2,1-2H3,(H,31,35). The Morgan fingerprint density at radius 3 is 2.27 bits per heavy atom. The highest BCUT2D eigenvalue weighted by molar-refractivity contribution is 5.86. The van der Waals surface area contributed by atoms with Gasteiger partial charge < -0.3 is 20.2 Å². The first-order chi connectivity index (χ1) is 17.8. The van der Waals surface area contributed by atoms with E-state index in [0.29, 0.717) is 12.5 Å². The Morgan fingerprint density at radius 1 is 1.00 bits per heavy atom. The number of nitrogens with one attached hydrogen (secondary N) is 1. The van der Waals surface area contributed by atoms with E-state index in [1.807, 2.05) is 0 Å². The summed E-state index contributed by atoms with van der Waals surface area (Å²) in [5.41, 5.74) is 0.318. The monoisotopic (exact) mass is 510 g/mol. The van der Waals surface area contributed by atoms with E-state index in [2.05, 4.69) is 59.5 Å². The topological polar surface area (TPSA) is 76.1 Å². The molecule has 0 atom stereocenters. The first-order valence-corrected chi connectivity index (χ1v) is 14.5. The van der Waals surface area contributed by atoms with Gasteiger partial charge in [-0.1, -0.05) is 56.0 Å². The van der Waals surface area contributed by atoms with Gasteiger partial charge in [0, 0.05) is 25.2 Å². The van der Waals surface area contributed by atoms with Gasteiger partial charge in [-0.2, -0.15) is 0 Å². The predicted molar refractivity (Wildman–Crippen MR) is 145 cm³/mol. The first kappa shape index (κ1) is 26.5. The molecule has 4 aliphatic rings. The Morgan fingerprint density at radius 2 is 1.68 bits per heavy atom. The van der Waals surface area contributed by atoms with E-state index < -0.39 is 5.60 Å². The van der Waals surface area contributed by atoms with E-state index in [-0.39, 0.29) is 36.1 Å². The van der Waals surface area contributed by atoms with Gasteiger partial charge in [0.25, 0.3) is 0 Å². The molecule has 0 bridgehead atoms. The van der Waals surface area contributed by atoms with Crippen molar-refractivity contribution in [2.24, 2.45) is 5.92 Å². The van der Waals surface area contributed by atoms with Crippen LogP contribution in [0.1, 0.15) is 82.6 Å². The van der Waals surface area contributed by atoms with Gasteiger partial charge in [-0.3, -0.25) is 9.69 Å². The fourth-order valence-corrected chi connectivity index (χ4v) is 7.39. The quantitative estimate of drug-likeness (QED) is 0.552. The van der Waals surface area contributed by atoms with Crippen LogP contribution in [-0.4, -0.2) is 83.2 Å². The lowest BCUT2D eigenvalue weighted by Crippen LogP contribution is -2.56. The van der Waals surface area contributed by atoms with Gasteiger partial charge in [0.1, 0.15) is 6.54 Å². The molecule has 7 heteroatoms. The fourth-order valence-electron chi connectivity index (χ4n) is 7.39. The molecule has 1 aliphatic heterocycles. The van der Waals surface area contributed by atoms with Crippen molar-refractivity contribution in [3.63, 3.8) is 0 Å². The molecule has 0 radical (unpaired) electrons. The molecular weight excluding hydrogens is 464 g/mol. The number of hydrogen-bond donors (Lipinski definition) is 2. The van der Waals surface area contributed by atoms with Crippen molar-refractivity contribution in [3.8, 4) is 0 Å². The van der Waals surface area contributed by atoms with Crippen molar-refractivity contribution in [1.29, 1.82) is 0 Å². The SMILES string of the molecule is CN(C)C1(c2ccccc2)CCC2(CC1)CN(CC(=O)NCC1(O)CCCCC1)C(=O)N2CC1CCC1. The summed E-state index contributed by atoms with van der Waals surface area (Å²) >= 11 is 0. The van der Waals surface area contributed by atoms with Gasteiger partial charge in [0.15, 0.2) is 0 Å². The van der Waals surface area contributed by atoms with Gasteiger partial charge in [-0.05, 0) is 76.9 Å². The minimum Gasteiger partial charge on any atom is -0.388 e. The van der Waals surface area contributed by atoms with E-state index >= 15 is 0 Å². The molecular formula is C30H46N4O3. The zero-order valence-corrected chi connectivity index (χ0v) is 22.9. The molecule has 37 heavy (non-hydrogen) atoms. The zero-order valence-electron chi connectivity index (χ0n) is 22.9. The molecule has 1 spiro atoms. The lowest BCUT2D eigenvalue weighted by Gasteiger charge is -2.51. The molecule has 1 aromatic rings. The number of nitrogens with zero attached hydrogens (tertiary/aromatic N) is 3. The summed E-state index contributed by atoms with van der Waals surface area (Å²) in [6.07, 6.45) is 12.2. The van der Waals surface area contributed by atoms with E-state index in [1.54, 1.807) is 4.90 Å². The van der Waals surface area contributed by atoms with Crippen LogP contribution in [0.25, 0.3) is 0 Å². The third kappa shape index (κ3) is 5.26. The number of aliphatic hydroxyl groups is 1. The average molecular weight is 511 g/mol. The van der Waals surface area contributed by atoms with Crippen molar-refractivity contribution in [2.45, 2.75) is 93.7 Å². The highest BCUT2D eigenvalue weighted by Gasteiger charge is 2.55. The summed E-state index contributed by atoms with van der Waals surface area (Å²) in [6.45, 7) is 1.80. The maximum atomic E-state index is 13.7. The van der Waals surface area contributed by atoms with Crippen molar-refractivity contribution in [2.75, 3.05) is 40.3 Å². The number of carbonyl (C=O) groups is 2. The van der Waals surface area contributed by atoms with Gasteiger partial charge in [-0.15, -0.1) is 0 Å². The van der Waals surface area contributed by atoms with Crippen LogP contribution in [0.5, 0.6) is 0 Å². The highest BCUT2D eigenvalue weighted by atomic mass is 16.3. The zero-order chi connectivity index (χ0) is 26.1. The highest BCUT2D eigenvalue weighted by Crippen LogP contribution is 2.49. The summed E-state index contributed by atoms with van der Waals surface area (Å²) < 4.78 is 0. The molecule has 3 saturated carbocycles. The average Bonchev–Trinajstić information content (AvgIpc) is 3.11. The maximum Gasteiger partial charge on any atom is 0.321 e. The van der Waals surface area contributed by atoms with Crippen LogP contribution in [-0.2, 0) is 10.3 Å². The molecule has 4 fully saturated rings. The van der Waals surface area contributed by atoms with Gasteiger partial charge in [0.2, 0.25) is 5.91 Å². The summed E-state index contributed by atoms with van der Waals surface area (Å²) in [7, 11) is 4.35. The minimum atomic E-state index is -0.795. The van der Waals surface area contributed by atoms with Gasteiger partial charge in [-0.25, -0.2) is 4.79 Å². The van der Waals surface area contributed by atoms with Crippen LogP contribution in [0.4, 0.5) is 4.79 Å². The first-order valence-electron chi connectivity index (χ1n) is 14.5. The van der Waals surface area contributed by atoms with Crippen molar-refractivity contribution in [3.05, 3.63) is 35.9 Å². The molecule has 0 aromatic heterocycles. The van der Waals surface area contributed by atoms with Crippen LogP contribution in [0.15, 0.2) is 30.3 Å². The Labute approximate surface area is 222 Å². The molecule has 1 heterocycles. The van der Waals surface area contributed by atoms with Crippen LogP contribution in [0.2, 0.25) is 0 Å². The normalized spacial score (nSPS) is 30.1. The Hall–Kier alpha value is -2.12. The van der Waals surface area contributed by atoms with E-state index in [9.17, 15) is 14.7 Å². The molecule has 0 unspecified atom stereocenters. The predicted octanol–water partition coefficient (Wildman–Crippen LogP) is 4.11. The Bertz CT molecular complexity index is 947. The summed E-state index contributed by atoms with van der Waals surface area (Å²) in [6, 6.07) is 10.8. The largest absolute Gasteiger partial charge is 0.388 e. The van der Waals surface area contributed by atoms with E-state index in [1.165, 1.54) is 24.8 Å². The van der Waals surface area contributed by atoms with Crippen LogP contribution < -0.4 is 5.32 Å². The van der Waals surface area contributed by atoms with Gasteiger partial charge >= 0.3 is 6.03 Å². The second-order valence-electron chi connectivity index (χ2n) is 12.6. The Kier molecular flexibility index (Phi) is 7.56. The van der Waals surface area contributed by atoms with Crippen molar-refractivity contribution < 1.29 is 14.7 Å². The molecule has 3 aliphatic carbocycles. The summed E-state index contributed by atoms with van der Waals surface area (Å²) in [4.78, 5) is 33.0. The summed E-state index contributed by atoms with van der Waals surface area (Å²) in [5.74, 6) is 0.431. The second-order valence-corrected chi connectivity index (χ2v) is 12.6. The number of benzene rings is 1. The third-order valence-electron chi connectivity index (χ3n) is 10.1. The molecule has 5 rings (SSSR count). The minimum absolute atomic E-state index is 0.0236. The van der Waals surface area contributed by atoms with Crippen molar-refractivity contribution >= 4 is 11.9 Å². The number of rotatable bonds is 8. The van der Waals surface area contributed by atoms with Crippen molar-refractivity contribution in [1.82, 2.24) is 20.0 Å². The van der Waals surface area contributed by atoms with Crippen LogP contribution >= 0.6 is 0 Å². The fraction of sp³-hybridized carbons (Fsp3) is 0.733. The Balaban J connectivity index is 1.28.